The van der Waals surface area contributed by atoms with Gasteiger partial charge < -0.3 is 15.4 Å². The van der Waals surface area contributed by atoms with Crippen LogP contribution in [0.4, 0.5) is 11.5 Å². The van der Waals surface area contributed by atoms with Gasteiger partial charge in [0.2, 0.25) is 5.91 Å². The van der Waals surface area contributed by atoms with E-state index < -0.39 is 0 Å². The summed E-state index contributed by atoms with van der Waals surface area (Å²) in [5.74, 6) is 0.644. The fraction of sp³-hybridized carbons (Fsp3) is 0.346. The van der Waals surface area contributed by atoms with Crippen LogP contribution in [-0.2, 0) is 16.0 Å². The van der Waals surface area contributed by atoms with Crippen molar-refractivity contribution in [3.8, 4) is 11.1 Å². The molecule has 7 nitrogen and oxygen atoms in total. The molecule has 1 aromatic carbocycles. The van der Waals surface area contributed by atoms with Gasteiger partial charge in [0.15, 0.2) is 0 Å². The highest BCUT2D eigenvalue weighted by atomic mass is 16.5. The highest BCUT2D eigenvalue weighted by Crippen LogP contribution is 2.29. The first-order valence-corrected chi connectivity index (χ1v) is 11.5. The molecule has 0 radical (unpaired) electrons. The van der Waals surface area contributed by atoms with Gasteiger partial charge in [-0.3, -0.25) is 14.7 Å². The number of pyridine rings is 2. The summed E-state index contributed by atoms with van der Waals surface area (Å²) in [5.41, 5.74) is 11.9. The quantitative estimate of drug-likeness (QED) is 0.665. The molecule has 0 saturated carbocycles. The Balaban J connectivity index is 1.30. The number of amides is 1. The molecule has 2 N–H and O–H groups in total. The maximum absolute atomic E-state index is 13.2. The third-order valence-corrected chi connectivity index (χ3v) is 6.34. The van der Waals surface area contributed by atoms with Gasteiger partial charge in [-0.05, 0) is 61.2 Å². The fourth-order valence-corrected chi connectivity index (χ4v) is 4.70. The smallest absolute Gasteiger partial charge is 0.241 e. The third-order valence-electron chi connectivity index (χ3n) is 6.34. The van der Waals surface area contributed by atoms with Gasteiger partial charge in [0.05, 0.1) is 18.8 Å². The minimum absolute atomic E-state index is 0.147. The number of nitrogens with two attached hydrogens (primary N) is 1. The first kappa shape index (κ1) is 21.6. The zero-order chi connectivity index (χ0) is 22.8. The summed E-state index contributed by atoms with van der Waals surface area (Å²) in [6.07, 6.45) is 3.63. The van der Waals surface area contributed by atoms with Gasteiger partial charge in [-0.2, -0.15) is 0 Å². The van der Waals surface area contributed by atoms with Crippen LogP contribution in [0.2, 0.25) is 0 Å². The number of carbonyl (C=O) groups excluding carboxylic acids is 1. The number of hydrogen-bond donors (Lipinski definition) is 1. The lowest BCUT2D eigenvalue weighted by Gasteiger charge is -2.35. The van der Waals surface area contributed by atoms with E-state index in [0.717, 1.165) is 54.1 Å². The van der Waals surface area contributed by atoms with Gasteiger partial charge in [-0.25, -0.2) is 4.98 Å². The summed E-state index contributed by atoms with van der Waals surface area (Å²) in [6.45, 7) is 5.09. The minimum atomic E-state index is -0.180. The molecule has 0 aliphatic carbocycles. The molecule has 0 spiro atoms. The van der Waals surface area contributed by atoms with Crippen LogP contribution >= 0.6 is 0 Å². The zero-order valence-electron chi connectivity index (χ0n) is 18.9. The Bertz CT molecular complexity index is 1150. The third kappa shape index (κ3) is 4.74. The monoisotopic (exact) mass is 443 g/mol. The molecule has 1 atom stereocenters. The topological polar surface area (TPSA) is 84.6 Å². The van der Waals surface area contributed by atoms with Gasteiger partial charge in [-0.1, -0.05) is 18.2 Å². The van der Waals surface area contributed by atoms with Crippen LogP contribution in [-0.4, -0.2) is 53.6 Å². The normalized spacial score (nSPS) is 18.7. The molecule has 4 heterocycles. The van der Waals surface area contributed by atoms with Crippen molar-refractivity contribution in [2.45, 2.75) is 25.9 Å². The van der Waals surface area contributed by atoms with E-state index in [2.05, 4.69) is 28.1 Å². The molecule has 5 rings (SSSR count). The van der Waals surface area contributed by atoms with Crippen molar-refractivity contribution < 1.29 is 9.53 Å². The number of rotatable bonds is 4. The molecular formula is C26H29N5O2. The Hall–Kier alpha value is -3.29. The van der Waals surface area contributed by atoms with E-state index in [-0.39, 0.29) is 12.0 Å². The minimum Gasteiger partial charge on any atom is -0.384 e. The second-order valence-electron chi connectivity index (χ2n) is 8.77. The van der Waals surface area contributed by atoms with Crippen LogP contribution in [0.3, 0.4) is 0 Å². The second kappa shape index (κ2) is 9.29. The summed E-state index contributed by atoms with van der Waals surface area (Å²) in [7, 11) is 0. The van der Waals surface area contributed by atoms with Crippen LogP contribution < -0.4 is 10.6 Å². The van der Waals surface area contributed by atoms with Crippen LogP contribution in [0.15, 0.2) is 54.7 Å². The number of benzene rings is 1. The number of nitrogens with zero attached hydrogens (tertiary/aromatic N) is 4. The summed E-state index contributed by atoms with van der Waals surface area (Å²) >= 11 is 0. The van der Waals surface area contributed by atoms with E-state index in [4.69, 9.17) is 15.5 Å². The molecule has 0 bridgehead atoms. The maximum atomic E-state index is 13.2. The van der Waals surface area contributed by atoms with Crippen LogP contribution in [0.1, 0.15) is 29.5 Å². The molecule has 1 amide bonds. The number of ether oxygens (including phenoxy) is 1. The SMILES string of the molecule is Cc1cc(-c2ccc(N)nc2)cc([C@@H]2CN(CC(=O)N3CCCc4ccccc43)CCO2)n1. The van der Waals surface area contributed by atoms with Gasteiger partial charge in [0, 0.05) is 42.8 Å². The number of para-hydroxylation sites is 1. The average molecular weight is 444 g/mol. The van der Waals surface area contributed by atoms with Gasteiger partial charge in [0.25, 0.3) is 0 Å². The van der Waals surface area contributed by atoms with E-state index in [9.17, 15) is 4.79 Å². The van der Waals surface area contributed by atoms with E-state index in [1.54, 1.807) is 12.3 Å². The molecule has 2 aliphatic heterocycles. The molecule has 1 saturated heterocycles. The van der Waals surface area contributed by atoms with Crippen molar-refractivity contribution in [3.63, 3.8) is 0 Å². The molecule has 2 aliphatic rings. The van der Waals surface area contributed by atoms with Gasteiger partial charge >= 0.3 is 0 Å². The second-order valence-corrected chi connectivity index (χ2v) is 8.77. The van der Waals surface area contributed by atoms with Crippen molar-refractivity contribution in [1.29, 1.82) is 0 Å². The predicted molar refractivity (Wildman–Crippen MR) is 129 cm³/mol. The molecular weight excluding hydrogens is 414 g/mol. The molecule has 2 aromatic heterocycles. The summed E-state index contributed by atoms with van der Waals surface area (Å²) in [5, 5.41) is 0. The summed E-state index contributed by atoms with van der Waals surface area (Å²) in [4.78, 5) is 26.3. The van der Waals surface area contributed by atoms with Crippen molar-refractivity contribution in [2.75, 3.05) is 43.4 Å². The largest absolute Gasteiger partial charge is 0.384 e. The highest BCUT2D eigenvalue weighted by molar-refractivity contribution is 5.96. The van der Waals surface area contributed by atoms with E-state index in [0.29, 0.717) is 25.5 Å². The number of aromatic nitrogens is 2. The molecule has 3 aromatic rings. The number of hydrogen-bond acceptors (Lipinski definition) is 6. The molecule has 1 fully saturated rings. The van der Waals surface area contributed by atoms with Gasteiger partial charge in [-0.15, -0.1) is 0 Å². The maximum Gasteiger partial charge on any atom is 0.241 e. The molecule has 0 unspecified atom stereocenters. The Kier molecular flexibility index (Phi) is 6.07. The van der Waals surface area contributed by atoms with Gasteiger partial charge in [0.1, 0.15) is 11.9 Å². The fourth-order valence-electron chi connectivity index (χ4n) is 4.70. The standard InChI is InChI=1S/C26H29N5O2/c1-18-13-21(20-8-9-25(27)28-15-20)14-22(29-18)24-16-30(11-12-33-24)17-26(32)31-10-4-6-19-5-2-3-7-23(19)31/h2-3,5,7-9,13-15,24H,4,6,10-12,16-17H2,1H3,(H2,27,28)/t24-/m0/s1. The Morgan fingerprint density at radius 1 is 1.15 bits per heavy atom. The average Bonchev–Trinajstić information content (AvgIpc) is 2.84. The Labute approximate surface area is 194 Å². The first-order chi connectivity index (χ1) is 16.1. The lowest BCUT2D eigenvalue weighted by atomic mass is 10.0. The summed E-state index contributed by atoms with van der Waals surface area (Å²) in [6, 6.07) is 16.1. The zero-order valence-corrected chi connectivity index (χ0v) is 18.9. The highest BCUT2D eigenvalue weighted by Gasteiger charge is 2.28. The Morgan fingerprint density at radius 2 is 2.03 bits per heavy atom. The van der Waals surface area contributed by atoms with E-state index in [1.807, 2.05) is 36.1 Å². The first-order valence-electron chi connectivity index (χ1n) is 11.5. The number of morpholine rings is 1. The molecule has 7 heteroatoms. The van der Waals surface area contributed by atoms with Crippen molar-refractivity contribution >= 4 is 17.4 Å². The van der Waals surface area contributed by atoms with Crippen LogP contribution in [0, 0.1) is 6.92 Å². The number of fused-ring (bicyclic) bond motifs is 1. The lowest BCUT2D eigenvalue weighted by molar-refractivity contribution is -0.122. The van der Waals surface area contributed by atoms with Crippen LogP contribution in [0.5, 0.6) is 0 Å². The van der Waals surface area contributed by atoms with Crippen molar-refractivity contribution in [2.24, 2.45) is 0 Å². The summed E-state index contributed by atoms with van der Waals surface area (Å²) < 4.78 is 6.08. The van der Waals surface area contributed by atoms with Crippen LogP contribution in [0.25, 0.3) is 11.1 Å². The number of nitrogen functional groups attached to an aromatic ring is 1. The number of anilines is 2. The lowest BCUT2D eigenvalue weighted by Crippen LogP contribution is -2.47. The van der Waals surface area contributed by atoms with E-state index in [1.165, 1.54) is 5.56 Å². The number of aryl methyl sites for hydroxylation is 2. The Morgan fingerprint density at radius 3 is 2.88 bits per heavy atom. The predicted octanol–water partition coefficient (Wildman–Crippen LogP) is 3.39. The number of carbonyl (C=O) groups is 1. The molecule has 170 valence electrons. The molecule has 33 heavy (non-hydrogen) atoms. The van der Waals surface area contributed by atoms with Crippen molar-refractivity contribution in [3.05, 3.63) is 71.7 Å². The van der Waals surface area contributed by atoms with Crippen molar-refractivity contribution in [1.82, 2.24) is 14.9 Å². The van der Waals surface area contributed by atoms with E-state index >= 15 is 0 Å².